The van der Waals surface area contributed by atoms with Crippen molar-refractivity contribution < 1.29 is 0 Å². The molecule has 0 aliphatic carbocycles. The van der Waals surface area contributed by atoms with Gasteiger partial charge in [0.1, 0.15) is 0 Å². The largest absolute Gasteiger partial charge is 0.349 e. The lowest BCUT2D eigenvalue weighted by molar-refractivity contribution is 0.480. The van der Waals surface area contributed by atoms with Gasteiger partial charge in [0.2, 0.25) is 0 Å². The van der Waals surface area contributed by atoms with Crippen LogP contribution in [0.25, 0.3) is 0 Å². The van der Waals surface area contributed by atoms with E-state index in [4.69, 9.17) is 0 Å². The summed E-state index contributed by atoms with van der Waals surface area (Å²) >= 11 is 0. The molecule has 0 saturated carbocycles. The Morgan fingerprint density at radius 2 is 1.33 bits per heavy atom. The second kappa shape index (κ2) is 8.37. The van der Waals surface area contributed by atoms with Crippen molar-refractivity contribution in [3.05, 3.63) is 0 Å². The fraction of sp³-hybridized carbons (Fsp3) is 0.889. The van der Waals surface area contributed by atoms with Crippen LogP contribution in [0, 0.1) is 0 Å². The van der Waals surface area contributed by atoms with E-state index in [0.29, 0.717) is 0 Å². The average Bonchev–Trinajstić information content (AvgIpc) is 2.03. The summed E-state index contributed by atoms with van der Waals surface area (Å²) in [4.78, 5) is 8.30. The number of aliphatic imine (C=N–C) groups is 1. The number of guanidine groups is 1. The molecule has 0 atom stereocenters. The van der Waals surface area contributed by atoms with Crippen molar-refractivity contribution in [2.24, 2.45) is 4.99 Å². The topological polar surface area (TPSA) is 18.8 Å². The van der Waals surface area contributed by atoms with Crippen LogP contribution >= 0.6 is 0 Å². The van der Waals surface area contributed by atoms with Crippen molar-refractivity contribution in [3.8, 4) is 0 Å². The van der Waals surface area contributed by atoms with Gasteiger partial charge in [0.25, 0.3) is 0 Å². The Morgan fingerprint density at radius 1 is 1.00 bits per heavy atom. The van der Waals surface area contributed by atoms with Crippen LogP contribution in [0.15, 0.2) is 4.99 Å². The molecule has 0 saturated heterocycles. The van der Waals surface area contributed by atoms with Gasteiger partial charge in [-0.1, -0.05) is 13.8 Å². The third-order valence-electron chi connectivity index (χ3n) is 1.10. The molecule has 0 aliphatic heterocycles. The van der Waals surface area contributed by atoms with Crippen molar-refractivity contribution in [3.63, 3.8) is 0 Å². The Hall–Kier alpha value is -0.730. The van der Waals surface area contributed by atoms with Gasteiger partial charge in [-0.15, -0.1) is 0 Å². The highest BCUT2D eigenvalue weighted by Gasteiger charge is 2.00. The molecule has 0 heterocycles. The zero-order valence-corrected chi connectivity index (χ0v) is 9.55. The third-order valence-corrected chi connectivity index (χ3v) is 1.10. The zero-order valence-electron chi connectivity index (χ0n) is 9.55. The molecule has 0 spiro atoms. The van der Waals surface area contributed by atoms with Crippen molar-refractivity contribution >= 4 is 5.96 Å². The van der Waals surface area contributed by atoms with Crippen LogP contribution in [0.3, 0.4) is 0 Å². The molecule has 0 fully saturated rings. The minimum atomic E-state index is 0.839. The van der Waals surface area contributed by atoms with Crippen molar-refractivity contribution in [1.29, 1.82) is 0 Å². The summed E-state index contributed by atoms with van der Waals surface area (Å²) in [5.41, 5.74) is 0. The number of rotatable bonds is 1. The Morgan fingerprint density at radius 3 is 1.42 bits per heavy atom. The Kier molecular flexibility index (Phi) is 9.65. The van der Waals surface area contributed by atoms with E-state index in [1.54, 1.807) is 0 Å². The molecule has 3 heteroatoms. The van der Waals surface area contributed by atoms with E-state index < -0.39 is 0 Å². The number of hydrogen-bond acceptors (Lipinski definition) is 1. The molecule has 74 valence electrons. The minimum Gasteiger partial charge on any atom is -0.349 e. The Labute approximate surface area is 77.1 Å². The maximum absolute atomic E-state index is 4.29. The normalized spacial score (nSPS) is 7.92. The smallest absolute Gasteiger partial charge is 0.195 e. The lowest BCUT2D eigenvalue weighted by Gasteiger charge is -2.22. The summed E-state index contributed by atoms with van der Waals surface area (Å²) in [6.07, 6.45) is 0. The van der Waals surface area contributed by atoms with Crippen LogP contribution in [-0.2, 0) is 0 Å². The van der Waals surface area contributed by atoms with Gasteiger partial charge < -0.3 is 9.80 Å². The fourth-order valence-electron chi connectivity index (χ4n) is 0.824. The summed E-state index contributed by atoms with van der Waals surface area (Å²) in [5, 5.41) is 0. The van der Waals surface area contributed by atoms with Crippen molar-refractivity contribution in [1.82, 2.24) is 9.80 Å². The van der Waals surface area contributed by atoms with E-state index >= 15 is 0 Å². The lowest BCUT2D eigenvalue weighted by Crippen LogP contribution is -2.35. The Balaban J connectivity index is 0. The van der Waals surface area contributed by atoms with Crippen LogP contribution in [0.5, 0.6) is 0 Å². The SMILES string of the molecule is CC.CCN=C(N(C)C)N(C)C. The average molecular weight is 173 g/mol. The fourth-order valence-corrected chi connectivity index (χ4v) is 0.824. The Bertz CT molecular complexity index is 107. The molecule has 0 aromatic heterocycles. The van der Waals surface area contributed by atoms with Gasteiger partial charge in [0.05, 0.1) is 0 Å². The first-order valence-electron chi connectivity index (χ1n) is 4.48. The summed E-state index contributed by atoms with van der Waals surface area (Å²) < 4.78 is 0. The molecule has 0 aliphatic rings. The van der Waals surface area contributed by atoms with Gasteiger partial charge >= 0.3 is 0 Å². The summed E-state index contributed by atoms with van der Waals surface area (Å²) in [7, 11) is 7.98. The van der Waals surface area contributed by atoms with E-state index in [-0.39, 0.29) is 0 Å². The molecule has 3 nitrogen and oxygen atoms in total. The van der Waals surface area contributed by atoms with E-state index in [9.17, 15) is 0 Å². The standard InChI is InChI=1S/C7H17N3.C2H6/c1-6-8-7(9(2)3)10(4)5;1-2/h6H2,1-5H3;1-2H3. The molecule has 0 aromatic carbocycles. The first-order valence-corrected chi connectivity index (χ1v) is 4.48. The maximum Gasteiger partial charge on any atom is 0.195 e. The highest BCUT2D eigenvalue weighted by Crippen LogP contribution is 1.87. The van der Waals surface area contributed by atoms with Gasteiger partial charge in [-0.05, 0) is 6.92 Å². The van der Waals surface area contributed by atoms with Crippen LogP contribution in [0.2, 0.25) is 0 Å². The molecule has 0 unspecified atom stereocenters. The maximum atomic E-state index is 4.29. The number of nitrogens with zero attached hydrogens (tertiary/aromatic N) is 3. The van der Waals surface area contributed by atoms with Crippen LogP contribution in [0.4, 0.5) is 0 Å². The first kappa shape index (κ1) is 13.8. The molecule has 0 radical (unpaired) electrons. The van der Waals surface area contributed by atoms with Crippen LogP contribution < -0.4 is 0 Å². The molecular weight excluding hydrogens is 150 g/mol. The summed E-state index contributed by atoms with van der Waals surface area (Å²) in [5.74, 6) is 1.02. The number of hydrogen-bond donors (Lipinski definition) is 0. The van der Waals surface area contributed by atoms with E-state index in [0.717, 1.165) is 12.5 Å². The second-order valence-corrected chi connectivity index (χ2v) is 2.56. The predicted molar refractivity (Wildman–Crippen MR) is 56.7 cm³/mol. The van der Waals surface area contributed by atoms with Crippen molar-refractivity contribution in [2.45, 2.75) is 20.8 Å². The molecule has 12 heavy (non-hydrogen) atoms. The quantitative estimate of drug-likeness (QED) is 0.442. The zero-order chi connectivity index (χ0) is 10.1. The molecule has 0 aromatic rings. The van der Waals surface area contributed by atoms with E-state index in [1.807, 2.05) is 58.8 Å². The molecule has 0 bridgehead atoms. The molecular formula is C9H23N3. The lowest BCUT2D eigenvalue weighted by atomic mass is 10.7. The molecule has 0 N–H and O–H groups in total. The van der Waals surface area contributed by atoms with Gasteiger partial charge in [0.15, 0.2) is 5.96 Å². The summed E-state index contributed by atoms with van der Waals surface area (Å²) in [6, 6.07) is 0. The highest BCUT2D eigenvalue weighted by molar-refractivity contribution is 5.79. The van der Waals surface area contributed by atoms with Gasteiger partial charge in [-0.3, -0.25) is 4.99 Å². The van der Waals surface area contributed by atoms with Crippen LogP contribution in [0.1, 0.15) is 20.8 Å². The molecule has 0 rings (SSSR count). The third kappa shape index (κ3) is 6.01. The monoisotopic (exact) mass is 173 g/mol. The van der Waals surface area contributed by atoms with Gasteiger partial charge in [-0.2, -0.15) is 0 Å². The van der Waals surface area contributed by atoms with E-state index in [1.165, 1.54) is 0 Å². The summed E-state index contributed by atoms with van der Waals surface area (Å²) in [6.45, 7) is 6.87. The van der Waals surface area contributed by atoms with Crippen molar-refractivity contribution in [2.75, 3.05) is 34.7 Å². The highest BCUT2D eigenvalue weighted by atomic mass is 15.3. The predicted octanol–water partition coefficient (Wildman–Crippen LogP) is 1.51. The van der Waals surface area contributed by atoms with Gasteiger partial charge in [0, 0.05) is 34.7 Å². The second-order valence-electron chi connectivity index (χ2n) is 2.56. The first-order chi connectivity index (χ1) is 5.59. The van der Waals surface area contributed by atoms with Crippen LogP contribution in [-0.4, -0.2) is 50.5 Å². The van der Waals surface area contributed by atoms with Gasteiger partial charge in [-0.25, -0.2) is 0 Å². The minimum absolute atomic E-state index is 0.839. The van der Waals surface area contributed by atoms with E-state index in [2.05, 4.69) is 4.99 Å². The molecule has 0 amide bonds.